The standard InChI is InChI=1S/C10H15N3O3S/c1-13-10(6-7-11-13)17(15,16)12-8-2-4-9(14)5-3-8/h6-8,12H,2-5H2,1H3. The maximum Gasteiger partial charge on any atom is 0.257 e. The lowest BCUT2D eigenvalue weighted by Crippen LogP contribution is -2.38. The summed E-state index contributed by atoms with van der Waals surface area (Å²) in [4.78, 5) is 11.1. The second kappa shape index (κ2) is 4.58. The van der Waals surface area contributed by atoms with Gasteiger partial charge in [-0.15, -0.1) is 0 Å². The molecular weight excluding hydrogens is 242 g/mol. The predicted octanol–water partition coefficient (Wildman–Crippen LogP) is 0.210. The first-order chi connectivity index (χ1) is 7.99. The normalized spacial score (nSPS) is 18.5. The summed E-state index contributed by atoms with van der Waals surface area (Å²) in [6.07, 6.45) is 3.52. The maximum atomic E-state index is 12.0. The van der Waals surface area contributed by atoms with E-state index in [1.807, 2.05) is 0 Å². The summed E-state index contributed by atoms with van der Waals surface area (Å²) in [5.74, 6) is 0.209. The average molecular weight is 257 g/mol. The van der Waals surface area contributed by atoms with E-state index in [2.05, 4.69) is 9.82 Å². The van der Waals surface area contributed by atoms with Gasteiger partial charge >= 0.3 is 0 Å². The Morgan fingerprint density at radius 1 is 1.41 bits per heavy atom. The number of hydrogen-bond donors (Lipinski definition) is 1. The molecule has 0 aliphatic heterocycles. The fourth-order valence-electron chi connectivity index (χ4n) is 1.96. The Hall–Kier alpha value is -1.21. The molecule has 0 saturated heterocycles. The molecule has 1 heterocycles. The van der Waals surface area contributed by atoms with Crippen molar-refractivity contribution in [3.8, 4) is 0 Å². The van der Waals surface area contributed by atoms with E-state index in [-0.39, 0.29) is 16.9 Å². The van der Waals surface area contributed by atoms with E-state index in [4.69, 9.17) is 0 Å². The van der Waals surface area contributed by atoms with Crippen molar-refractivity contribution in [3.63, 3.8) is 0 Å². The maximum absolute atomic E-state index is 12.0. The van der Waals surface area contributed by atoms with Crippen molar-refractivity contribution in [1.82, 2.24) is 14.5 Å². The lowest BCUT2D eigenvalue weighted by Gasteiger charge is -2.21. The fraction of sp³-hybridized carbons (Fsp3) is 0.600. The van der Waals surface area contributed by atoms with Crippen LogP contribution in [0.25, 0.3) is 0 Å². The Balaban J connectivity index is 2.08. The lowest BCUT2D eigenvalue weighted by molar-refractivity contribution is -0.120. The van der Waals surface area contributed by atoms with Gasteiger partial charge in [0.25, 0.3) is 10.0 Å². The van der Waals surface area contributed by atoms with Crippen LogP contribution in [-0.4, -0.2) is 30.0 Å². The van der Waals surface area contributed by atoms with Gasteiger partial charge in [-0.05, 0) is 18.9 Å². The van der Waals surface area contributed by atoms with Crippen molar-refractivity contribution in [1.29, 1.82) is 0 Å². The molecule has 0 spiro atoms. The Morgan fingerprint density at radius 3 is 2.59 bits per heavy atom. The molecule has 0 bridgehead atoms. The first-order valence-corrected chi connectivity index (χ1v) is 6.99. The summed E-state index contributed by atoms with van der Waals surface area (Å²) in [6.45, 7) is 0. The fourth-order valence-corrected chi connectivity index (χ4v) is 3.39. The van der Waals surface area contributed by atoms with E-state index in [1.165, 1.54) is 16.9 Å². The molecule has 1 aliphatic rings. The Morgan fingerprint density at radius 2 is 2.06 bits per heavy atom. The van der Waals surface area contributed by atoms with Crippen molar-refractivity contribution in [2.45, 2.75) is 36.8 Å². The van der Waals surface area contributed by atoms with Gasteiger partial charge in [-0.1, -0.05) is 0 Å². The lowest BCUT2D eigenvalue weighted by atomic mass is 9.95. The average Bonchev–Trinajstić information content (AvgIpc) is 2.68. The molecule has 0 aromatic carbocycles. The summed E-state index contributed by atoms with van der Waals surface area (Å²) in [5.41, 5.74) is 0. The van der Waals surface area contributed by atoms with Gasteiger partial charge in [0.05, 0.1) is 6.20 Å². The number of carbonyl (C=O) groups is 1. The predicted molar refractivity (Wildman–Crippen MR) is 60.8 cm³/mol. The Labute approximate surface area is 100 Å². The van der Waals surface area contributed by atoms with E-state index in [0.717, 1.165) is 0 Å². The van der Waals surface area contributed by atoms with E-state index < -0.39 is 10.0 Å². The molecular formula is C10H15N3O3S. The number of Topliss-reactive ketones (excluding diaryl/α,β-unsaturated/α-hetero) is 1. The summed E-state index contributed by atoms with van der Waals surface area (Å²) in [5, 5.41) is 3.98. The third-order valence-corrected chi connectivity index (χ3v) is 4.51. The van der Waals surface area contributed by atoms with Gasteiger partial charge in [0.2, 0.25) is 0 Å². The highest BCUT2D eigenvalue weighted by Gasteiger charge is 2.25. The monoisotopic (exact) mass is 257 g/mol. The van der Waals surface area contributed by atoms with Crippen LogP contribution in [0.4, 0.5) is 0 Å². The molecule has 0 atom stereocenters. The highest BCUT2D eigenvalue weighted by atomic mass is 32.2. The summed E-state index contributed by atoms with van der Waals surface area (Å²) in [6, 6.07) is 1.31. The molecule has 1 aromatic heterocycles. The van der Waals surface area contributed by atoms with Gasteiger partial charge in [0, 0.05) is 25.9 Å². The van der Waals surface area contributed by atoms with Crippen LogP contribution in [0.5, 0.6) is 0 Å². The van der Waals surface area contributed by atoms with Gasteiger partial charge in [-0.25, -0.2) is 13.1 Å². The number of aryl methyl sites for hydroxylation is 1. The van der Waals surface area contributed by atoms with Gasteiger partial charge in [0.15, 0.2) is 5.03 Å². The van der Waals surface area contributed by atoms with Crippen LogP contribution >= 0.6 is 0 Å². The molecule has 17 heavy (non-hydrogen) atoms. The van der Waals surface area contributed by atoms with Gasteiger partial charge < -0.3 is 0 Å². The van der Waals surface area contributed by atoms with E-state index >= 15 is 0 Å². The first-order valence-electron chi connectivity index (χ1n) is 5.51. The molecule has 1 aliphatic carbocycles. The van der Waals surface area contributed by atoms with Crippen LogP contribution in [0.15, 0.2) is 17.3 Å². The van der Waals surface area contributed by atoms with Crippen molar-refractivity contribution < 1.29 is 13.2 Å². The van der Waals surface area contributed by atoms with Gasteiger partial charge in [-0.2, -0.15) is 5.10 Å². The molecule has 94 valence electrons. The van der Waals surface area contributed by atoms with E-state index in [9.17, 15) is 13.2 Å². The third kappa shape index (κ3) is 2.73. The van der Waals surface area contributed by atoms with Gasteiger partial charge in [-0.3, -0.25) is 9.48 Å². The highest BCUT2D eigenvalue weighted by Crippen LogP contribution is 2.17. The minimum absolute atomic E-state index is 0.146. The highest BCUT2D eigenvalue weighted by molar-refractivity contribution is 7.89. The summed E-state index contributed by atoms with van der Waals surface area (Å²) < 4.78 is 27.9. The molecule has 2 rings (SSSR count). The number of nitrogens with zero attached hydrogens (tertiary/aromatic N) is 2. The van der Waals surface area contributed by atoms with Crippen LogP contribution in [0.3, 0.4) is 0 Å². The minimum Gasteiger partial charge on any atom is -0.300 e. The number of rotatable bonds is 3. The molecule has 1 N–H and O–H groups in total. The first kappa shape index (κ1) is 12.3. The summed E-state index contributed by atoms with van der Waals surface area (Å²) in [7, 11) is -1.94. The molecule has 1 fully saturated rings. The summed E-state index contributed by atoms with van der Waals surface area (Å²) >= 11 is 0. The largest absolute Gasteiger partial charge is 0.300 e. The quantitative estimate of drug-likeness (QED) is 0.839. The topological polar surface area (TPSA) is 81.1 Å². The van der Waals surface area contributed by atoms with Crippen molar-refractivity contribution in [2.24, 2.45) is 7.05 Å². The smallest absolute Gasteiger partial charge is 0.257 e. The van der Waals surface area contributed by atoms with Crippen molar-refractivity contribution in [2.75, 3.05) is 0 Å². The molecule has 1 aromatic rings. The zero-order valence-electron chi connectivity index (χ0n) is 9.59. The number of sulfonamides is 1. The Bertz CT molecular complexity index is 511. The zero-order valence-corrected chi connectivity index (χ0v) is 10.4. The van der Waals surface area contributed by atoms with Crippen molar-refractivity contribution >= 4 is 15.8 Å². The van der Waals surface area contributed by atoms with Crippen LogP contribution in [-0.2, 0) is 21.9 Å². The molecule has 6 nitrogen and oxygen atoms in total. The number of carbonyl (C=O) groups excluding carboxylic acids is 1. The number of aromatic nitrogens is 2. The minimum atomic E-state index is -3.53. The SMILES string of the molecule is Cn1nccc1S(=O)(=O)NC1CCC(=O)CC1. The number of hydrogen-bond acceptors (Lipinski definition) is 4. The molecule has 7 heteroatoms. The molecule has 0 radical (unpaired) electrons. The van der Waals surface area contributed by atoms with Crippen LogP contribution in [0, 0.1) is 0 Å². The van der Waals surface area contributed by atoms with E-state index in [1.54, 1.807) is 7.05 Å². The number of nitrogens with one attached hydrogen (secondary N) is 1. The van der Waals surface area contributed by atoms with Crippen molar-refractivity contribution in [3.05, 3.63) is 12.3 Å². The second-order valence-electron chi connectivity index (χ2n) is 4.23. The second-order valence-corrected chi connectivity index (χ2v) is 5.89. The third-order valence-electron chi connectivity index (χ3n) is 2.92. The Kier molecular flexibility index (Phi) is 3.30. The molecule has 1 saturated carbocycles. The van der Waals surface area contributed by atoms with Gasteiger partial charge in [0.1, 0.15) is 5.78 Å². The molecule has 0 amide bonds. The molecule has 0 unspecified atom stereocenters. The van der Waals surface area contributed by atoms with Crippen LogP contribution < -0.4 is 4.72 Å². The van der Waals surface area contributed by atoms with E-state index in [0.29, 0.717) is 25.7 Å². The van der Waals surface area contributed by atoms with Crippen LogP contribution in [0.2, 0.25) is 0 Å². The number of ketones is 1. The van der Waals surface area contributed by atoms with Crippen LogP contribution in [0.1, 0.15) is 25.7 Å². The zero-order chi connectivity index (χ0) is 12.5.